The fraction of sp³-hybridized carbons (Fsp3) is 0.190. The Morgan fingerprint density at radius 1 is 1.17 bits per heavy atom. The predicted octanol–water partition coefficient (Wildman–Crippen LogP) is 5.02. The van der Waals surface area contributed by atoms with E-state index in [4.69, 9.17) is 9.72 Å². The number of carbonyl (C=O) groups excluding carboxylic acids is 1. The van der Waals surface area contributed by atoms with E-state index >= 15 is 0 Å². The molecule has 4 rings (SSSR count). The lowest BCUT2D eigenvalue weighted by molar-refractivity contribution is -0.115. The third kappa shape index (κ3) is 3.86. The Hall–Kier alpha value is -2.84. The van der Waals surface area contributed by atoms with Crippen LogP contribution < -0.4 is 9.64 Å². The Morgan fingerprint density at radius 3 is 2.69 bits per heavy atom. The number of benzene rings is 2. The number of ether oxygens (including phenoxy) is 1. The molecule has 0 fully saturated rings. The molecule has 2 heterocycles. The van der Waals surface area contributed by atoms with Crippen LogP contribution in [0.3, 0.4) is 0 Å². The van der Waals surface area contributed by atoms with Crippen LogP contribution in [-0.4, -0.2) is 27.6 Å². The number of imidazole rings is 1. The molecule has 0 radical (unpaired) electrons. The Kier molecular flexibility index (Phi) is 5.55. The van der Waals surface area contributed by atoms with E-state index in [1.54, 1.807) is 23.8 Å². The van der Waals surface area contributed by atoms with Gasteiger partial charge in [-0.1, -0.05) is 36.0 Å². The number of anilines is 2. The molecule has 0 saturated carbocycles. The molecule has 0 aliphatic carbocycles. The van der Waals surface area contributed by atoms with Crippen LogP contribution in [0.2, 0.25) is 0 Å². The molecule has 8 heteroatoms. The Bertz CT molecular complexity index is 1170. The van der Waals surface area contributed by atoms with Gasteiger partial charge >= 0.3 is 0 Å². The zero-order chi connectivity index (χ0) is 20.4. The van der Waals surface area contributed by atoms with E-state index in [1.165, 1.54) is 18.3 Å². The zero-order valence-electron chi connectivity index (χ0n) is 16.3. The van der Waals surface area contributed by atoms with Crippen LogP contribution in [0.1, 0.15) is 12.6 Å². The van der Waals surface area contributed by atoms with E-state index in [-0.39, 0.29) is 5.91 Å². The molecule has 0 saturated heterocycles. The highest BCUT2D eigenvalue weighted by molar-refractivity contribution is 7.98. The molecule has 2 aromatic heterocycles. The van der Waals surface area contributed by atoms with Crippen molar-refractivity contribution in [2.24, 2.45) is 7.05 Å². The smallest absolute Gasteiger partial charge is 0.230 e. The third-order valence-corrected chi connectivity index (χ3v) is 6.41. The van der Waals surface area contributed by atoms with Gasteiger partial charge in [-0.2, -0.15) is 0 Å². The van der Waals surface area contributed by atoms with Crippen LogP contribution in [0, 0.1) is 0 Å². The number of carbonyl (C=O) groups is 1. The van der Waals surface area contributed by atoms with Crippen molar-refractivity contribution in [3.05, 3.63) is 59.6 Å². The molecule has 0 bridgehead atoms. The molecule has 0 atom stereocenters. The van der Waals surface area contributed by atoms with Crippen molar-refractivity contribution >= 4 is 50.9 Å². The lowest BCUT2D eigenvalue weighted by atomic mass is 10.2. The van der Waals surface area contributed by atoms with Gasteiger partial charge in [-0.05, 0) is 24.3 Å². The summed E-state index contributed by atoms with van der Waals surface area (Å²) >= 11 is 3.07. The van der Waals surface area contributed by atoms with Crippen molar-refractivity contribution in [3.63, 3.8) is 0 Å². The molecular weight excluding hydrogens is 404 g/mol. The molecule has 6 nitrogen and oxygen atoms in total. The molecule has 0 aliphatic heterocycles. The van der Waals surface area contributed by atoms with E-state index in [9.17, 15) is 4.79 Å². The number of methoxy groups -OCH3 is 1. The number of amides is 1. The Balaban J connectivity index is 1.56. The molecule has 0 unspecified atom stereocenters. The number of para-hydroxylation sites is 4. The normalized spacial score (nSPS) is 11.0. The minimum atomic E-state index is -0.113. The number of aromatic nitrogens is 3. The Labute approximate surface area is 177 Å². The third-order valence-electron chi connectivity index (χ3n) is 4.47. The predicted molar refractivity (Wildman–Crippen MR) is 118 cm³/mol. The average molecular weight is 425 g/mol. The average Bonchev–Trinajstić information content (AvgIpc) is 3.31. The second kappa shape index (κ2) is 8.26. The van der Waals surface area contributed by atoms with Gasteiger partial charge in [-0.15, -0.1) is 11.3 Å². The first-order valence-corrected chi connectivity index (χ1v) is 10.9. The van der Waals surface area contributed by atoms with E-state index in [1.807, 2.05) is 54.9 Å². The number of thiazole rings is 1. The van der Waals surface area contributed by atoms with Crippen molar-refractivity contribution in [3.8, 4) is 5.75 Å². The fourth-order valence-corrected chi connectivity index (χ4v) is 4.94. The molecule has 1 amide bonds. The summed E-state index contributed by atoms with van der Waals surface area (Å²) in [6, 6.07) is 15.5. The fourth-order valence-electron chi connectivity index (χ4n) is 3.08. The zero-order valence-corrected chi connectivity index (χ0v) is 18.0. The van der Waals surface area contributed by atoms with Crippen LogP contribution in [0.15, 0.2) is 59.1 Å². The van der Waals surface area contributed by atoms with Crippen LogP contribution in [0.5, 0.6) is 5.75 Å². The standard InChI is InChI=1S/C21H20N4O2S2/c1-14(26)25(18-10-6-7-11-19(18)27-3)21-22-15(13-29-21)12-28-20-23-16-8-4-5-9-17(16)24(20)2/h4-11,13H,12H2,1-3H3. The molecule has 148 valence electrons. The summed E-state index contributed by atoms with van der Waals surface area (Å²) in [5.41, 5.74) is 3.68. The minimum Gasteiger partial charge on any atom is -0.495 e. The van der Waals surface area contributed by atoms with Gasteiger partial charge in [0.2, 0.25) is 5.91 Å². The van der Waals surface area contributed by atoms with E-state index in [0.717, 1.165) is 21.9 Å². The van der Waals surface area contributed by atoms with Gasteiger partial charge in [-0.3, -0.25) is 9.69 Å². The molecule has 0 spiro atoms. The molecule has 2 aromatic carbocycles. The molecule has 0 N–H and O–H groups in total. The van der Waals surface area contributed by atoms with E-state index < -0.39 is 0 Å². The molecule has 0 aliphatic rings. The van der Waals surface area contributed by atoms with Gasteiger partial charge in [0.1, 0.15) is 5.75 Å². The van der Waals surface area contributed by atoms with Crippen molar-refractivity contribution in [1.29, 1.82) is 0 Å². The maximum Gasteiger partial charge on any atom is 0.230 e. The highest BCUT2D eigenvalue weighted by atomic mass is 32.2. The summed E-state index contributed by atoms with van der Waals surface area (Å²) in [5, 5.41) is 3.55. The first-order valence-electron chi connectivity index (χ1n) is 9.01. The minimum absolute atomic E-state index is 0.113. The highest BCUT2D eigenvalue weighted by Crippen LogP contribution is 2.36. The monoisotopic (exact) mass is 424 g/mol. The number of hydrogen-bond donors (Lipinski definition) is 0. The van der Waals surface area contributed by atoms with Gasteiger partial charge in [0.05, 0.1) is 29.5 Å². The second-order valence-electron chi connectivity index (χ2n) is 6.38. The summed E-state index contributed by atoms with van der Waals surface area (Å²) in [7, 11) is 3.61. The molecule has 29 heavy (non-hydrogen) atoms. The van der Waals surface area contributed by atoms with Gasteiger partial charge in [0.25, 0.3) is 0 Å². The van der Waals surface area contributed by atoms with Crippen LogP contribution in [0.25, 0.3) is 11.0 Å². The molecular formula is C21H20N4O2S2. The van der Waals surface area contributed by atoms with Gasteiger partial charge in [0, 0.05) is 25.1 Å². The lowest BCUT2D eigenvalue weighted by Crippen LogP contribution is -2.23. The van der Waals surface area contributed by atoms with Gasteiger partial charge in [-0.25, -0.2) is 9.97 Å². The molecule has 4 aromatic rings. The number of fused-ring (bicyclic) bond motifs is 1. The van der Waals surface area contributed by atoms with Crippen molar-refractivity contribution in [2.45, 2.75) is 17.8 Å². The summed E-state index contributed by atoms with van der Waals surface area (Å²) in [5.74, 6) is 1.19. The lowest BCUT2D eigenvalue weighted by Gasteiger charge is -2.20. The topological polar surface area (TPSA) is 60.2 Å². The number of hydrogen-bond acceptors (Lipinski definition) is 6. The van der Waals surface area contributed by atoms with Crippen molar-refractivity contribution in [1.82, 2.24) is 14.5 Å². The van der Waals surface area contributed by atoms with E-state index in [2.05, 4.69) is 15.6 Å². The first kappa shape index (κ1) is 19.5. The first-order chi connectivity index (χ1) is 14.1. The highest BCUT2D eigenvalue weighted by Gasteiger charge is 2.21. The van der Waals surface area contributed by atoms with Crippen molar-refractivity contribution in [2.75, 3.05) is 12.0 Å². The SMILES string of the molecule is COc1ccccc1N(C(C)=O)c1nc(CSc2nc3ccccc3n2C)cs1. The number of rotatable bonds is 6. The van der Waals surface area contributed by atoms with Crippen LogP contribution >= 0.6 is 23.1 Å². The summed E-state index contributed by atoms with van der Waals surface area (Å²) in [6.45, 7) is 1.53. The Morgan fingerprint density at radius 2 is 1.93 bits per heavy atom. The van der Waals surface area contributed by atoms with Crippen LogP contribution in [-0.2, 0) is 17.6 Å². The number of aryl methyl sites for hydroxylation is 1. The van der Waals surface area contributed by atoms with Crippen molar-refractivity contribution < 1.29 is 9.53 Å². The quantitative estimate of drug-likeness (QED) is 0.407. The largest absolute Gasteiger partial charge is 0.495 e. The summed E-state index contributed by atoms with van der Waals surface area (Å²) in [4.78, 5) is 23.3. The number of thioether (sulfide) groups is 1. The number of nitrogens with zero attached hydrogens (tertiary/aromatic N) is 4. The van der Waals surface area contributed by atoms with Crippen LogP contribution in [0.4, 0.5) is 10.8 Å². The van der Waals surface area contributed by atoms with Gasteiger partial charge in [0.15, 0.2) is 10.3 Å². The maximum atomic E-state index is 12.4. The summed E-state index contributed by atoms with van der Waals surface area (Å²) in [6.07, 6.45) is 0. The summed E-state index contributed by atoms with van der Waals surface area (Å²) < 4.78 is 7.51. The van der Waals surface area contributed by atoms with E-state index in [0.29, 0.717) is 22.3 Å². The maximum absolute atomic E-state index is 12.4. The van der Waals surface area contributed by atoms with Gasteiger partial charge < -0.3 is 9.30 Å². The second-order valence-corrected chi connectivity index (χ2v) is 8.16.